The van der Waals surface area contributed by atoms with Crippen LogP contribution in [0.25, 0.3) is 0 Å². The summed E-state index contributed by atoms with van der Waals surface area (Å²) in [5.41, 5.74) is 10.4. The second-order valence-corrected chi connectivity index (χ2v) is 7.41. The number of primary amides is 1. The molecule has 12 nitrogen and oxygen atoms in total. The summed E-state index contributed by atoms with van der Waals surface area (Å²) in [6.07, 6.45) is -0.0205. The molecule has 5 atom stereocenters. The molecule has 0 aromatic heterocycles. The average Bonchev–Trinajstić information content (AvgIpc) is 2.60. The minimum absolute atomic E-state index is 0.235. The molecule has 0 saturated carbocycles. The molecule has 0 fully saturated rings. The van der Waals surface area contributed by atoms with Gasteiger partial charge in [0.05, 0.1) is 18.6 Å². The monoisotopic (exact) mass is 435 g/mol. The average molecular weight is 436 g/mol. The van der Waals surface area contributed by atoms with Crippen LogP contribution < -0.4 is 27.4 Å². The van der Waals surface area contributed by atoms with Crippen LogP contribution in [-0.4, -0.2) is 82.1 Å². The van der Waals surface area contributed by atoms with E-state index in [0.717, 1.165) is 0 Å². The molecule has 0 aromatic carbocycles. The largest absolute Gasteiger partial charge is 0.480 e. The topological polar surface area (TPSA) is 214 Å². The number of nitrogens with one attached hydrogen (secondary N) is 3. The van der Waals surface area contributed by atoms with Gasteiger partial charge in [0.2, 0.25) is 23.6 Å². The van der Waals surface area contributed by atoms with E-state index in [1.165, 1.54) is 25.6 Å². The van der Waals surface area contributed by atoms with Gasteiger partial charge in [0.15, 0.2) is 0 Å². The Morgan fingerprint density at radius 3 is 1.93 bits per heavy atom. The van der Waals surface area contributed by atoms with E-state index in [9.17, 15) is 29.1 Å². The van der Waals surface area contributed by atoms with Crippen LogP contribution in [0.5, 0.6) is 0 Å². The maximum atomic E-state index is 12.6. The van der Waals surface area contributed by atoms with Gasteiger partial charge in [0, 0.05) is 0 Å². The molecular formula is C16H29N5O7S. The van der Waals surface area contributed by atoms with E-state index in [-0.39, 0.29) is 6.42 Å². The molecule has 0 saturated heterocycles. The van der Waals surface area contributed by atoms with Crippen molar-refractivity contribution >= 4 is 41.4 Å². The van der Waals surface area contributed by atoms with Gasteiger partial charge >= 0.3 is 5.97 Å². The van der Waals surface area contributed by atoms with Crippen LogP contribution in [0.15, 0.2) is 0 Å². The van der Waals surface area contributed by atoms with Crippen LogP contribution >= 0.6 is 11.8 Å². The minimum Gasteiger partial charge on any atom is -0.480 e. The zero-order chi connectivity index (χ0) is 22.7. The normalized spacial score (nSPS) is 15.9. The van der Waals surface area contributed by atoms with E-state index in [4.69, 9.17) is 16.6 Å². The van der Waals surface area contributed by atoms with Crippen LogP contribution in [0.2, 0.25) is 0 Å². The minimum atomic E-state index is -1.62. The summed E-state index contributed by atoms with van der Waals surface area (Å²) in [5.74, 6) is -4.29. The Hall–Kier alpha value is -2.38. The highest BCUT2D eigenvalue weighted by atomic mass is 32.2. The van der Waals surface area contributed by atoms with Crippen molar-refractivity contribution in [2.24, 2.45) is 11.5 Å². The third-order valence-electron chi connectivity index (χ3n) is 3.74. The van der Waals surface area contributed by atoms with Gasteiger partial charge in [-0.1, -0.05) is 0 Å². The molecule has 29 heavy (non-hydrogen) atoms. The number of carboxylic acids is 1. The van der Waals surface area contributed by atoms with Crippen molar-refractivity contribution in [2.75, 3.05) is 12.0 Å². The van der Waals surface area contributed by atoms with Crippen LogP contribution in [0.1, 0.15) is 26.7 Å². The Balaban J connectivity index is 5.31. The fraction of sp³-hybridized carbons (Fsp3) is 0.688. The fourth-order valence-electron chi connectivity index (χ4n) is 2.13. The number of amides is 4. The van der Waals surface area contributed by atoms with Gasteiger partial charge in [-0.25, -0.2) is 4.79 Å². The molecule has 0 aliphatic rings. The molecule has 0 aromatic rings. The summed E-state index contributed by atoms with van der Waals surface area (Å²) in [4.78, 5) is 58.9. The summed E-state index contributed by atoms with van der Waals surface area (Å²) in [7, 11) is 0. The first-order valence-corrected chi connectivity index (χ1v) is 10.1. The Morgan fingerprint density at radius 2 is 1.52 bits per heavy atom. The number of nitrogens with two attached hydrogens (primary N) is 2. The molecule has 0 heterocycles. The predicted molar refractivity (Wildman–Crippen MR) is 106 cm³/mol. The zero-order valence-electron chi connectivity index (χ0n) is 16.5. The van der Waals surface area contributed by atoms with E-state index < -0.39 is 66.3 Å². The molecule has 166 valence electrons. The van der Waals surface area contributed by atoms with Crippen molar-refractivity contribution in [3.63, 3.8) is 0 Å². The number of rotatable bonds is 13. The highest BCUT2D eigenvalue weighted by Crippen LogP contribution is 2.04. The smallest absolute Gasteiger partial charge is 0.326 e. The predicted octanol–water partition coefficient (Wildman–Crippen LogP) is -3.12. The van der Waals surface area contributed by atoms with Gasteiger partial charge in [-0.2, -0.15) is 11.8 Å². The molecule has 13 heteroatoms. The second-order valence-electron chi connectivity index (χ2n) is 6.43. The molecule has 0 aliphatic carbocycles. The van der Waals surface area contributed by atoms with Crippen molar-refractivity contribution < 1.29 is 34.2 Å². The van der Waals surface area contributed by atoms with Gasteiger partial charge in [-0.15, -0.1) is 0 Å². The van der Waals surface area contributed by atoms with Crippen molar-refractivity contribution in [1.82, 2.24) is 16.0 Å². The number of aliphatic hydroxyl groups excluding tert-OH is 1. The Labute approximate surface area is 172 Å². The Kier molecular flexibility index (Phi) is 11.9. The van der Waals surface area contributed by atoms with E-state index >= 15 is 0 Å². The number of hydrogen-bond acceptors (Lipinski definition) is 8. The SMILES string of the molecule is CSCCC(NC(=O)C(C)N)C(=O)NC(C(=O)NC(CC(N)=O)C(=O)O)C(C)O. The Morgan fingerprint density at radius 1 is 0.966 bits per heavy atom. The number of carbonyl (C=O) groups excluding carboxylic acids is 4. The fourth-order valence-corrected chi connectivity index (χ4v) is 2.60. The van der Waals surface area contributed by atoms with E-state index in [1.54, 1.807) is 6.26 Å². The highest BCUT2D eigenvalue weighted by Gasteiger charge is 2.32. The summed E-state index contributed by atoms with van der Waals surface area (Å²) in [5, 5.41) is 25.7. The number of aliphatic hydroxyl groups is 1. The van der Waals surface area contributed by atoms with Gasteiger partial charge in [0.25, 0.3) is 0 Å². The molecule has 0 spiro atoms. The summed E-state index contributed by atoms with van der Waals surface area (Å²) in [6, 6.07) is -5.03. The van der Waals surface area contributed by atoms with E-state index in [0.29, 0.717) is 5.75 Å². The quantitative estimate of drug-likeness (QED) is 0.155. The molecule has 5 unspecified atom stereocenters. The maximum Gasteiger partial charge on any atom is 0.326 e. The second kappa shape index (κ2) is 13.0. The van der Waals surface area contributed by atoms with Crippen molar-refractivity contribution in [3.8, 4) is 0 Å². The van der Waals surface area contributed by atoms with Crippen molar-refractivity contribution in [1.29, 1.82) is 0 Å². The molecule has 9 N–H and O–H groups in total. The summed E-state index contributed by atoms with van der Waals surface area (Å²) in [6.45, 7) is 2.65. The standard InChI is InChI=1S/C16H29N5O7S/c1-7(17)13(24)19-9(4-5-29-3)14(25)21-12(8(2)22)15(26)20-10(16(27)28)6-11(18)23/h7-10,12,22H,4-6,17H2,1-3H3,(H2,18,23)(H,19,24)(H,20,26)(H,21,25)(H,27,28). The molecule has 4 amide bonds. The first-order valence-electron chi connectivity index (χ1n) is 8.75. The third kappa shape index (κ3) is 10.1. The number of aliphatic carboxylic acids is 1. The number of carboxylic acid groups (broad SMARTS) is 1. The molecule has 0 bridgehead atoms. The lowest BCUT2D eigenvalue weighted by Gasteiger charge is -2.26. The highest BCUT2D eigenvalue weighted by molar-refractivity contribution is 7.98. The Bertz CT molecular complexity index is 614. The van der Waals surface area contributed by atoms with Crippen molar-refractivity contribution in [3.05, 3.63) is 0 Å². The summed E-state index contributed by atoms with van der Waals surface area (Å²) < 4.78 is 0. The first-order chi connectivity index (χ1) is 13.4. The lowest BCUT2D eigenvalue weighted by atomic mass is 10.1. The van der Waals surface area contributed by atoms with Gasteiger partial charge in [0.1, 0.15) is 18.1 Å². The lowest BCUT2D eigenvalue weighted by molar-refractivity contribution is -0.144. The molecule has 0 radical (unpaired) electrons. The van der Waals surface area contributed by atoms with Gasteiger partial charge < -0.3 is 37.6 Å². The van der Waals surface area contributed by atoms with Gasteiger partial charge in [-0.3, -0.25) is 19.2 Å². The van der Waals surface area contributed by atoms with E-state index in [2.05, 4.69) is 16.0 Å². The van der Waals surface area contributed by atoms with Crippen LogP contribution in [0.3, 0.4) is 0 Å². The third-order valence-corrected chi connectivity index (χ3v) is 4.38. The maximum absolute atomic E-state index is 12.6. The first kappa shape index (κ1) is 26.6. The molecular weight excluding hydrogens is 406 g/mol. The number of thioether (sulfide) groups is 1. The van der Waals surface area contributed by atoms with E-state index in [1.807, 2.05) is 0 Å². The number of hydrogen-bond donors (Lipinski definition) is 7. The van der Waals surface area contributed by atoms with Crippen LogP contribution in [0, 0.1) is 0 Å². The lowest BCUT2D eigenvalue weighted by Crippen LogP contribution is -2.60. The molecule has 0 aliphatic heterocycles. The number of carbonyl (C=O) groups is 5. The van der Waals surface area contributed by atoms with Crippen LogP contribution in [-0.2, 0) is 24.0 Å². The molecule has 0 rings (SSSR count). The van der Waals surface area contributed by atoms with Crippen molar-refractivity contribution in [2.45, 2.75) is 57.0 Å². The zero-order valence-corrected chi connectivity index (χ0v) is 17.3. The summed E-state index contributed by atoms with van der Waals surface area (Å²) >= 11 is 1.43. The van der Waals surface area contributed by atoms with Crippen LogP contribution in [0.4, 0.5) is 0 Å². The van der Waals surface area contributed by atoms with Gasteiger partial charge in [-0.05, 0) is 32.3 Å².